The van der Waals surface area contributed by atoms with Crippen LogP contribution in [0.3, 0.4) is 0 Å². The highest BCUT2D eigenvalue weighted by Gasteiger charge is 2.32. The number of rotatable bonds is 10. The predicted octanol–water partition coefficient (Wildman–Crippen LogP) is 4.75. The summed E-state index contributed by atoms with van der Waals surface area (Å²) in [6, 6.07) is 14.4. The lowest BCUT2D eigenvalue weighted by molar-refractivity contribution is -0.139. The van der Waals surface area contributed by atoms with Crippen molar-refractivity contribution >= 4 is 27.5 Å². The summed E-state index contributed by atoms with van der Waals surface area (Å²) in [6.07, 6.45) is 6.35. The zero-order chi connectivity index (χ0) is 27.2. The number of aryl methyl sites for hydroxylation is 1. The second-order valence-corrected chi connectivity index (χ2v) is 12.4. The minimum absolute atomic E-state index is 0.0689. The SMILES string of the molecule is Cc1ccc(CN(C(=O)CN(c2ccccc2C(C)C)S(C)(=O)=O)C(C)C(=O)NC2CCCCC2)cc1. The lowest BCUT2D eigenvalue weighted by Gasteiger charge is -2.33. The Kier molecular flexibility index (Phi) is 9.76. The molecule has 0 heterocycles. The van der Waals surface area contributed by atoms with E-state index in [1.54, 1.807) is 19.1 Å². The molecular weight excluding hydrogens is 486 g/mol. The average molecular weight is 528 g/mol. The van der Waals surface area contributed by atoms with Gasteiger partial charge in [0.25, 0.3) is 0 Å². The van der Waals surface area contributed by atoms with Gasteiger partial charge < -0.3 is 10.2 Å². The van der Waals surface area contributed by atoms with Gasteiger partial charge in [-0.15, -0.1) is 0 Å². The van der Waals surface area contributed by atoms with Gasteiger partial charge in [-0.05, 0) is 49.8 Å². The third-order valence-electron chi connectivity index (χ3n) is 7.10. The number of carbonyl (C=O) groups excluding carboxylic acids is 2. The third kappa shape index (κ3) is 7.81. The number of sulfonamides is 1. The van der Waals surface area contributed by atoms with Crippen molar-refractivity contribution in [2.45, 2.75) is 84.3 Å². The zero-order valence-corrected chi connectivity index (χ0v) is 23.6. The monoisotopic (exact) mass is 527 g/mol. The molecule has 2 amide bonds. The molecule has 0 radical (unpaired) electrons. The van der Waals surface area contributed by atoms with Crippen LogP contribution < -0.4 is 9.62 Å². The zero-order valence-electron chi connectivity index (χ0n) is 22.7. The van der Waals surface area contributed by atoms with Gasteiger partial charge >= 0.3 is 0 Å². The van der Waals surface area contributed by atoms with Crippen molar-refractivity contribution in [2.75, 3.05) is 17.1 Å². The van der Waals surface area contributed by atoms with Crippen LogP contribution in [0.1, 0.15) is 75.5 Å². The van der Waals surface area contributed by atoms with Crippen LogP contribution in [0.15, 0.2) is 48.5 Å². The second kappa shape index (κ2) is 12.6. The normalized spacial score (nSPS) is 15.3. The molecule has 37 heavy (non-hydrogen) atoms. The largest absolute Gasteiger partial charge is 0.352 e. The summed E-state index contributed by atoms with van der Waals surface area (Å²) < 4.78 is 27.0. The van der Waals surface area contributed by atoms with E-state index in [0.29, 0.717) is 5.69 Å². The Bertz CT molecular complexity index is 1170. The Hall–Kier alpha value is -2.87. The first-order valence-corrected chi connectivity index (χ1v) is 15.0. The van der Waals surface area contributed by atoms with Crippen LogP contribution in [-0.2, 0) is 26.2 Å². The number of nitrogens with zero attached hydrogens (tertiary/aromatic N) is 2. The van der Waals surface area contributed by atoms with E-state index >= 15 is 0 Å². The van der Waals surface area contributed by atoms with Crippen LogP contribution in [0.4, 0.5) is 5.69 Å². The predicted molar refractivity (Wildman–Crippen MR) is 149 cm³/mol. The molecule has 0 saturated heterocycles. The van der Waals surface area contributed by atoms with Gasteiger partial charge in [0.1, 0.15) is 12.6 Å². The van der Waals surface area contributed by atoms with Crippen LogP contribution in [0.25, 0.3) is 0 Å². The van der Waals surface area contributed by atoms with Gasteiger partial charge in [0.05, 0.1) is 11.9 Å². The maximum Gasteiger partial charge on any atom is 0.244 e. The number of benzene rings is 2. The molecular formula is C29H41N3O4S. The first-order chi connectivity index (χ1) is 17.5. The smallest absolute Gasteiger partial charge is 0.244 e. The van der Waals surface area contributed by atoms with Crippen molar-refractivity contribution in [3.05, 3.63) is 65.2 Å². The Balaban J connectivity index is 1.91. The molecule has 1 unspecified atom stereocenters. The summed E-state index contributed by atoms with van der Waals surface area (Å²) in [7, 11) is -3.76. The summed E-state index contributed by atoms with van der Waals surface area (Å²) >= 11 is 0. The lowest BCUT2D eigenvalue weighted by atomic mass is 9.95. The van der Waals surface area contributed by atoms with E-state index < -0.39 is 22.0 Å². The summed E-state index contributed by atoms with van der Waals surface area (Å²) in [5.41, 5.74) is 3.31. The fourth-order valence-electron chi connectivity index (χ4n) is 4.84. The molecule has 2 aromatic carbocycles. The van der Waals surface area contributed by atoms with Crippen LogP contribution in [0.2, 0.25) is 0 Å². The lowest BCUT2D eigenvalue weighted by Crippen LogP contribution is -2.53. The van der Waals surface area contributed by atoms with Crippen molar-refractivity contribution in [2.24, 2.45) is 0 Å². The van der Waals surface area contributed by atoms with E-state index in [1.807, 2.05) is 57.2 Å². The van der Waals surface area contributed by atoms with Gasteiger partial charge in [0, 0.05) is 12.6 Å². The molecule has 1 saturated carbocycles. The van der Waals surface area contributed by atoms with Gasteiger partial charge in [0.15, 0.2) is 0 Å². The molecule has 1 N–H and O–H groups in total. The van der Waals surface area contributed by atoms with E-state index in [1.165, 1.54) is 15.6 Å². The number of carbonyl (C=O) groups is 2. The number of anilines is 1. The highest BCUT2D eigenvalue weighted by atomic mass is 32.2. The standard InChI is InChI=1S/C29H41N3O4S/c1-21(2)26-13-9-10-14-27(26)32(37(5,35)36)20-28(33)31(19-24-17-15-22(3)16-18-24)23(4)29(34)30-25-11-7-6-8-12-25/h9-10,13-18,21,23,25H,6-8,11-12,19-20H2,1-5H3,(H,30,34). The molecule has 0 aliphatic heterocycles. The number of hydrogen-bond donors (Lipinski definition) is 1. The first kappa shape index (κ1) is 28.7. The third-order valence-corrected chi connectivity index (χ3v) is 8.23. The highest BCUT2D eigenvalue weighted by Crippen LogP contribution is 2.29. The van der Waals surface area contributed by atoms with Gasteiger partial charge in [-0.25, -0.2) is 8.42 Å². The van der Waals surface area contributed by atoms with Crippen molar-refractivity contribution < 1.29 is 18.0 Å². The molecule has 1 aliphatic carbocycles. The first-order valence-electron chi connectivity index (χ1n) is 13.2. The van der Waals surface area contributed by atoms with E-state index in [4.69, 9.17) is 0 Å². The number of amides is 2. The van der Waals surface area contributed by atoms with Crippen LogP contribution >= 0.6 is 0 Å². The van der Waals surface area contributed by atoms with E-state index in [9.17, 15) is 18.0 Å². The van der Waals surface area contributed by atoms with Gasteiger partial charge in [-0.2, -0.15) is 0 Å². The molecule has 8 heteroatoms. The molecule has 0 bridgehead atoms. The molecule has 3 rings (SSSR count). The second-order valence-electron chi connectivity index (χ2n) is 10.5. The summed E-state index contributed by atoms with van der Waals surface area (Å²) in [5, 5.41) is 3.12. The van der Waals surface area contributed by atoms with Crippen molar-refractivity contribution in [3.8, 4) is 0 Å². The van der Waals surface area contributed by atoms with E-state index in [-0.39, 0.29) is 31.0 Å². The number of para-hydroxylation sites is 1. The molecule has 1 aliphatic rings. The Morgan fingerprint density at radius 1 is 0.973 bits per heavy atom. The fourth-order valence-corrected chi connectivity index (χ4v) is 5.71. The highest BCUT2D eigenvalue weighted by molar-refractivity contribution is 7.92. The molecule has 1 fully saturated rings. The van der Waals surface area contributed by atoms with Gasteiger partial charge in [-0.3, -0.25) is 13.9 Å². The number of hydrogen-bond acceptors (Lipinski definition) is 4. The van der Waals surface area contributed by atoms with Crippen LogP contribution in [-0.4, -0.2) is 50.0 Å². The van der Waals surface area contributed by atoms with Crippen molar-refractivity contribution in [3.63, 3.8) is 0 Å². The summed E-state index contributed by atoms with van der Waals surface area (Å²) in [4.78, 5) is 28.6. The van der Waals surface area contributed by atoms with E-state index in [2.05, 4.69) is 5.32 Å². The maximum atomic E-state index is 13.8. The summed E-state index contributed by atoms with van der Waals surface area (Å²) in [5.74, 6) is -0.559. The van der Waals surface area contributed by atoms with Crippen LogP contribution in [0.5, 0.6) is 0 Å². The molecule has 0 aromatic heterocycles. The van der Waals surface area contributed by atoms with Gasteiger partial charge in [-0.1, -0.05) is 81.1 Å². The fraction of sp³-hybridized carbons (Fsp3) is 0.517. The maximum absolute atomic E-state index is 13.8. The molecule has 202 valence electrons. The number of nitrogens with one attached hydrogen (secondary N) is 1. The minimum atomic E-state index is -3.76. The van der Waals surface area contributed by atoms with Gasteiger partial charge in [0.2, 0.25) is 21.8 Å². The minimum Gasteiger partial charge on any atom is -0.352 e. The van der Waals surface area contributed by atoms with Crippen molar-refractivity contribution in [1.82, 2.24) is 10.2 Å². The topological polar surface area (TPSA) is 86.8 Å². The van der Waals surface area contributed by atoms with Crippen LogP contribution in [0, 0.1) is 6.92 Å². The Morgan fingerprint density at radius 2 is 1.59 bits per heavy atom. The Labute approximate surface area is 222 Å². The molecule has 1 atom stereocenters. The van der Waals surface area contributed by atoms with Crippen molar-refractivity contribution in [1.29, 1.82) is 0 Å². The average Bonchev–Trinajstić information content (AvgIpc) is 2.86. The molecule has 7 nitrogen and oxygen atoms in total. The quantitative estimate of drug-likeness (QED) is 0.483. The van der Waals surface area contributed by atoms with E-state index in [0.717, 1.165) is 48.6 Å². The molecule has 0 spiro atoms. The Morgan fingerprint density at radius 3 is 2.19 bits per heavy atom. The summed E-state index contributed by atoms with van der Waals surface area (Å²) in [6.45, 7) is 7.52. The molecule has 2 aromatic rings.